The lowest BCUT2D eigenvalue weighted by Gasteiger charge is -2.26. The molecule has 1 N–H and O–H groups in total. The Hall–Kier alpha value is -4.71. The van der Waals surface area contributed by atoms with Gasteiger partial charge in [-0.15, -0.1) is 0 Å². The zero-order valence-electron chi connectivity index (χ0n) is 20.2. The molecule has 36 heavy (non-hydrogen) atoms. The topological polar surface area (TPSA) is 85.4 Å². The predicted molar refractivity (Wildman–Crippen MR) is 142 cm³/mol. The van der Waals surface area contributed by atoms with Gasteiger partial charge in [0.15, 0.2) is 0 Å². The molecule has 0 fully saturated rings. The van der Waals surface area contributed by atoms with Crippen molar-refractivity contribution in [2.24, 2.45) is 0 Å². The van der Waals surface area contributed by atoms with Gasteiger partial charge in [-0.2, -0.15) is 0 Å². The maximum Gasteiger partial charge on any atom is 0.269 e. The average molecular weight is 477 g/mol. The van der Waals surface area contributed by atoms with Gasteiger partial charge in [-0.05, 0) is 61.2 Å². The predicted octanol–water partition coefficient (Wildman–Crippen LogP) is 7.04. The largest absolute Gasteiger partial charge is 0.506 e. The molecule has 0 amide bonds. The van der Waals surface area contributed by atoms with Gasteiger partial charge in [-0.3, -0.25) is 14.9 Å². The van der Waals surface area contributed by atoms with Crippen molar-refractivity contribution in [1.82, 2.24) is 4.57 Å². The Balaban J connectivity index is 1.75. The summed E-state index contributed by atoms with van der Waals surface area (Å²) in [7, 11) is 0. The Morgan fingerprint density at radius 1 is 0.972 bits per heavy atom. The molecular formula is C30H24N2O4. The van der Waals surface area contributed by atoms with Gasteiger partial charge in [0.1, 0.15) is 5.76 Å². The number of aliphatic hydroxyl groups is 1. The number of benzene rings is 3. The minimum atomic E-state index is -0.437. The fraction of sp³-hybridized carbons (Fsp3) is 0.100. The van der Waals surface area contributed by atoms with E-state index in [-0.39, 0.29) is 28.4 Å². The third kappa shape index (κ3) is 3.38. The molecule has 0 unspecified atom stereocenters. The van der Waals surface area contributed by atoms with Crippen LogP contribution in [0.5, 0.6) is 0 Å². The fourth-order valence-electron chi connectivity index (χ4n) is 5.04. The van der Waals surface area contributed by atoms with Crippen molar-refractivity contribution in [3.63, 3.8) is 0 Å². The minimum Gasteiger partial charge on any atom is -0.506 e. The van der Waals surface area contributed by atoms with Crippen LogP contribution in [-0.2, 0) is 4.79 Å². The third-order valence-electron chi connectivity index (χ3n) is 6.70. The highest BCUT2D eigenvalue weighted by Crippen LogP contribution is 2.46. The van der Waals surface area contributed by atoms with E-state index < -0.39 is 4.92 Å². The summed E-state index contributed by atoms with van der Waals surface area (Å²) in [4.78, 5) is 24.3. The Bertz CT molecular complexity index is 1670. The number of nitro benzene ring substituents is 1. The fourth-order valence-corrected chi connectivity index (χ4v) is 5.04. The zero-order chi connectivity index (χ0) is 25.7. The molecule has 4 aromatic rings. The Kier molecular flexibility index (Phi) is 5.44. The molecule has 0 bridgehead atoms. The van der Waals surface area contributed by atoms with E-state index >= 15 is 0 Å². The zero-order valence-corrected chi connectivity index (χ0v) is 20.2. The molecule has 0 saturated carbocycles. The number of ketones is 1. The monoisotopic (exact) mass is 476 g/mol. The number of para-hydroxylation sites is 1. The number of nitrogens with zero attached hydrogens (tertiary/aromatic N) is 2. The smallest absolute Gasteiger partial charge is 0.269 e. The van der Waals surface area contributed by atoms with Crippen LogP contribution in [0.1, 0.15) is 29.3 Å². The van der Waals surface area contributed by atoms with E-state index in [9.17, 15) is 20.0 Å². The number of fused-ring (bicyclic) bond motifs is 1. The van der Waals surface area contributed by atoms with E-state index in [1.807, 2.05) is 73.9 Å². The molecule has 6 nitrogen and oxygen atoms in total. The summed E-state index contributed by atoms with van der Waals surface area (Å²) in [5.74, 6) is -0.278. The second-order valence-corrected chi connectivity index (χ2v) is 8.98. The normalized spacial score (nSPS) is 14.7. The SMILES string of the molecule is C=C(C)/C(=C1/C(=O)C(c2c(C)n(-c3ccc([N+](=O)[O-])cc3)c3ccccc23)=C1O)c1ccccc1C. The summed E-state index contributed by atoms with van der Waals surface area (Å²) in [5, 5.41) is 23.2. The maximum absolute atomic E-state index is 13.7. The van der Waals surface area contributed by atoms with Crippen LogP contribution in [0.25, 0.3) is 27.7 Å². The number of nitro groups is 1. The van der Waals surface area contributed by atoms with Crippen LogP contribution in [0.3, 0.4) is 0 Å². The van der Waals surface area contributed by atoms with Crippen LogP contribution in [0.4, 0.5) is 5.69 Å². The molecule has 1 heterocycles. The molecule has 5 rings (SSSR count). The van der Waals surface area contributed by atoms with E-state index in [1.165, 1.54) is 12.1 Å². The van der Waals surface area contributed by atoms with Gasteiger partial charge in [-0.25, -0.2) is 0 Å². The van der Waals surface area contributed by atoms with Crippen molar-refractivity contribution >= 4 is 33.5 Å². The summed E-state index contributed by atoms with van der Waals surface area (Å²) < 4.78 is 1.95. The second-order valence-electron chi connectivity index (χ2n) is 8.98. The molecular weight excluding hydrogens is 452 g/mol. The number of carbonyl (C=O) groups excluding carboxylic acids is 1. The third-order valence-corrected chi connectivity index (χ3v) is 6.70. The molecule has 1 aliphatic rings. The number of carbonyl (C=O) groups is 1. The summed E-state index contributed by atoms with van der Waals surface area (Å²) in [6.07, 6.45) is 0. The molecule has 0 saturated heterocycles. The van der Waals surface area contributed by atoms with E-state index in [1.54, 1.807) is 12.1 Å². The summed E-state index contributed by atoms with van der Waals surface area (Å²) >= 11 is 0. The molecule has 178 valence electrons. The van der Waals surface area contributed by atoms with Crippen molar-refractivity contribution in [2.75, 3.05) is 0 Å². The molecule has 1 aliphatic carbocycles. The van der Waals surface area contributed by atoms with Crippen molar-refractivity contribution in [3.8, 4) is 5.69 Å². The van der Waals surface area contributed by atoms with Crippen molar-refractivity contribution in [2.45, 2.75) is 20.8 Å². The van der Waals surface area contributed by atoms with E-state index in [4.69, 9.17) is 0 Å². The number of hydrogen-bond acceptors (Lipinski definition) is 4. The van der Waals surface area contributed by atoms with Crippen LogP contribution in [0, 0.1) is 24.0 Å². The van der Waals surface area contributed by atoms with E-state index in [2.05, 4.69) is 6.58 Å². The number of hydrogen-bond donors (Lipinski definition) is 1. The summed E-state index contributed by atoms with van der Waals surface area (Å²) in [6, 6.07) is 21.6. The van der Waals surface area contributed by atoms with Crippen LogP contribution >= 0.6 is 0 Å². The lowest BCUT2D eigenvalue weighted by atomic mass is 9.76. The van der Waals surface area contributed by atoms with Crippen LogP contribution in [0.2, 0.25) is 0 Å². The van der Waals surface area contributed by atoms with E-state index in [0.29, 0.717) is 16.7 Å². The first-order valence-electron chi connectivity index (χ1n) is 11.5. The number of allylic oxidation sites excluding steroid dienone is 4. The van der Waals surface area contributed by atoms with Crippen LogP contribution in [0.15, 0.2) is 96.3 Å². The van der Waals surface area contributed by atoms with E-state index in [0.717, 1.165) is 33.4 Å². The Labute approximate surface area is 208 Å². The summed E-state index contributed by atoms with van der Waals surface area (Å²) in [5.41, 5.74) is 6.72. The van der Waals surface area contributed by atoms with Crippen molar-refractivity contribution in [3.05, 3.63) is 129 Å². The highest BCUT2D eigenvalue weighted by atomic mass is 16.6. The van der Waals surface area contributed by atoms with Gasteiger partial charge in [0.25, 0.3) is 5.69 Å². The lowest BCUT2D eigenvalue weighted by Crippen LogP contribution is -2.23. The Morgan fingerprint density at radius 3 is 2.22 bits per heavy atom. The quantitative estimate of drug-likeness (QED) is 0.190. The number of Topliss-reactive ketones (excluding diaryl/α,β-unsaturated/α-hetero) is 1. The highest BCUT2D eigenvalue weighted by molar-refractivity contribution is 6.43. The second kappa shape index (κ2) is 8.50. The molecule has 0 spiro atoms. The number of aromatic nitrogens is 1. The molecule has 0 aliphatic heterocycles. The standard InChI is InChI=1S/C30H24N2O4/c1-17(2)25(22-10-6-5-9-18(22)3)27-29(33)28(30(27)34)26-19(4)31(24-12-8-7-11-23(24)26)20-13-15-21(16-14-20)32(35)36/h5-16,33H,1H2,2-4H3/b27-25-. The molecule has 1 aromatic heterocycles. The molecule has 3 aromatic carbocycles. The van der Waals surface area contributed by atoms with Crippen molar-refractivity contribution < 1.29 is 14.8 Å². The highest BCUT2D eigenvalue weighted by Gasteiger charge is 2.40. The molecule has 6 heteroatoms. The number of aryl methyl sites for hydroxylation is 1. The molecule has 0 atom stereocenters. The van der Waals surface area contributed by atoms with Gasteiger partial charge in [0.2, 0.25) is 5.78 Å². The summed E-state index contributed by atoms with van der Waals surface area (Å²) in [6.45, 7) is 9.76. The number of non-ortho nitro benzene ring substituents is 1. The minimum absolute atomic E-state index is 0.000852. The maximum atomic E-state index is 13.7. The van der Waals surface area contributed by atoms with Gasteiger partial charge < -0.3 is 9.67 Å². The average Bonchev–Trinajstić information content (AvgIpc) is 3.14. The van der Waals surface area contributed by atoms with Gasteiger partial charge in [-0.1, -0.05) is 49.0 Å². The van der Waals surface area contributed by atoms with Gasteiger partial charge in [0, 0.05) is 34.5 Å². The first-order valence-corrected chi connectivity index (χ1v) is 11.5. The van der Waals surface area contributed by atoms with Crippen LogP contribution < -0.4 is 0 Å². The Morgan fingerprint density at radius 2 is 1.61 bits per heavy atom. The lowest BCUT2D eigenvalue weighted by molar-refractivity contribution is -0.384. The van der Waals surface area contributed by atoms with Crippen LogP contribution in [-0.4, -0.2) is 20.4 Å². The first-order chi connectivity index (χ1) is 17.2. The number of aliphatic hydroxyl groups excluding tert-OH is 1. The first kappa shape index (κ1) is 23.1. The van der Waals surface area contributed by atoms with Gasteiger partial charge in [0.05, 0.1) is 21.6 Å². The van der Waals surface area contributed by atoms with Gasteiger partial charge >= 0.3 is 0 Å². The molecule has 0 radical (unpaired) electrons. The number of rotatable bonds is 5. The van der Waals surface area contributed by atoms with Crippen molar-refractivity contribution in [1.29, 1.82) is 0 Å².